The highest BCUT2D eigenvalue weighted by molar-refractivity contribution is 7.98. The molecule has 0 radical (unpaired) electrons. The van der Waals surface area contributed by atoms with Crippen LogP contribution in [0.15, 0.2) is 46.2 Å². The number of nitrogens with one attached hydrogen (secondary N) is 1. The number of hydrogen-bond donors (Lipinski definition) is 1. The van der Waals surface area contributed by atoms with Crippen LogP contribution in [-0.2, 0) is 14.8 Å². The van der Waals surface area contributed by atoms with Gasteiger partial charge in [0.25, 0.3) is 10.0 Å². The first-order chi connectivity index (χ1) is 12.3. The van der Waals surface area contributed by atoms with E-state index in [1.165, 1.54) is 35.7 Å². The van der Waals surface area contributed by atoms with E-state index < -0.39 is 10.0 Å². The Hall–Kier alpha value is -1.90. The Kier molecular flexibility index (Phi) is 5.36. The first-order valence-corrected chi connectivity index (χ1v) is 10.8. The van der Waals surface area contributed by atoms with Gasteiger partial charge in [0.15, 0.2) is 0 Å². The number of carbonyl (C=O) groups is 1. The van der Waals surface area contributed by atoms with Crippen LogP contribution in [0.5, 0.6) is 5.75 Å². The molecule has 0 aliphatic carbocycles. The maximum Gasteiger partial charge on any atom is 0.263 e. The van der Waals surface area contributed by atoms with Crippen molar-refractivity contribution in [2.45, 2.75) is 16.7 Å². The second-order valence-electron chi connectivity index (χ2n) is 5.61. The molecule has 26 heavy (non-hydrogen) atoms. The highest BCUT2D eigenvalue weighted by Gasteiger charge is 2.27. The van der Waals surface area contributed by atoms with E-state index in [4.69, 9.17) is 16.3 Å². The summed E-state index contributed by atoms with van der Waals surface area (Å²) in [6, 6.07) is 9.86. The number of hydrogen-bond acceptors (Lipinski definition) is 5. The molecular formula is C17H17ClN2O4S2. The molecule has 0 saturated heterocycles. The van der Waals surface area contributed by atoms with Gasteiger partial charge >= 0.3 is 0 Å². The van der Waals surface area contributed by atoms with Crippen molar-refractivity contribution in [1.82, 2.24) is 0 Å². The maximum absolute atomic E-state index is 12.8. The van der Waals surface area contributed by atoms with Gasteiger partial charge < -0.3 is 9.64 Å². The SMILES string of the molecule is CSc1cccc(NS(=O)(=O)c2cc3c(cc2Cl)N(C(C)=O)CCO3)c1. The van der Waals surface area contributed by atoms with Gasteiger partial charge in [0.2, 0.25) is 5.91 Å². The number of carbonyl (C=O) groups excluding carboxylic acids is 1. The highest BCUT2D eigenvalue weighted by Crippen LogP contribution is 2.38. The van der Waals surface area contributed by atoms with Crippen molar-refractivity contribution in [3.8, 4) is 5.75 Å². The second-order valence-corrected chi connectivity index (χ2v) is 8.54. The predicted molar refractivity (Wildman–Crippen MR) is 104 cm³/mol. The van der Waals surface area contributed by atoms with Crippen LogP contribution >= 0.6 is 23.4 Å². The summed E-state index contributed by atoms with van der Waals surface area (Å²) >= 11 is 7.73. The van der Waals surface area contributed by atoms with Crippen LogP contribution in [0.2, 0.25) is 5.02 Å². The summed E-state index contributed by atoms with van der Waals surface area (Å²) in [5.41, 5.74) is 0.911. The second kappa shape index (κ2) is 7.38. The van der Waals surface area contributed by atoms with Gasteiger partial charge in [-0.3, -0.25) is 9.52 Å². The van der Waals surface area contributed by atoms with Crippen molar-refractivity contribution in [3.05, 3.63) is 41.4 Å². The van der Waals surface area contributed by atoms with Crippen LogP contribution in [0.4, 0.5) is 11.4 Å². The minimum atomic E-state index is -3.91. The number of rotatable bonds is 4. The average Bonchev–Trinajstić information content (AvgIpc) is 2.60. The standard InChI is InChI=1S/C17H17ClN2O4S2/c1-11(21)20-6-7-24-16-10-17(14(18)9-15(16)20)26(22,23)19-12-4-3-5-13(8-12)25-2/h3-5,8-10,19H,6-7H2,1-2H3. The lowest BCUT2D eigenvalue weighted by atomic mass is 10.2. The Morgan fingerprint density at radius 3 is 2.77 bits per heavy atom. The fourth-order valence-electron chi connectivity index (χ4n) is 2.65. The molecule has 0 unspecified atom stereocenters. The number of halogens is 1. The van der Waals surface area contributed by atoms with Gasteiger partial charge in [-0.15, -0.1) is 11.8 Å². The fourth-order valence-corrected chi connectivity index (χ4v) is 4.69. The zero-order valence-corrected chi connectivity index (χ0v) is 16.5. The monoisotopic (exact) mass is 412 g/mol. The topological polar surface area (TPSA) is 75.7 Å². The summed E-state index contributed by atoms with van der Waals surface area (Å²) in [6.45, 7) is 2.12. The molecule has 0 bridgehead atoms. The van der Waals surface area contributed by atoms with Gasteiger partial charge in [0.05, 0.1) is 17.3 Å². The number of sulfonamides is 1. The molecule has 138 valence electrons. The number of benzene rings is 2. The van der Waals surface area contributed by atoms with Crippen LogP contribution in [-0.4, -0.2) is 33.7 Å². The molecule has 2 aromatic rings. The first kappa shape index (κ1) is 18.9. The van der Waals surface area contributed by atoms with E-state index in [0.717, 1.165) is 4.90 Å². The van der Waals surface area contributed by atoms with E-state index in [-0.39, 0.29) is 22.4 Å². The summed E-state index contributed by atoms with van der Waals surface area (Å²) < 4.78 is 33.6. The Balaban J connectivity index is 1.99. The quantitative estimate of drug-likeness (QED) is 0.776. The number of fused-ring (bicyclic) bond motifs is 1. The third-order valence-corrected chi connectivity index (χ3v) is 6.44. The maximum atomic E-state index is 12.8. The van der Waals surface area contributed by atoms with Crippen molar-refractivity contribution >= 4 is 50.7 Å². The minimum absolute atomic E-state index is 0.0222. The Morgan fingerprint density at radius 1 is 1.31 bits per heavy atom. The largest absolute Gasteiger partial charge is 0.489 e. The number of ether oxygens (including phenoxy) is 1. The molecule has 0 atom stereocenters. The first-order valence-electron chi connectivity index (χ1n) is 7.73. The highest BCUT2D eigenvalue weighted by atomic mass is 35.5. The molecule has 9 heteroatoms. The zero-order valence-electron chi connectivity index (χ0n) is 14.2. The lowest BCUT2D eigenvalue weighted by molar-refractivity contribution is -0.116. The Morgan fingerprint density at radius 2 is 2.08 bits per heavy atom. The molecule has 0 saturated carbocycles. The van der Waals surface area contributed by atoms with E-state index in [0.29, 0.717) is 23.7 Å². The molecule has 0 aromatic heterocycles. The smallest absolute Gasteiger partial charge is 0.263 e. The van der Waals surface area contributed by atoms with E-state index in [9.17, 15) is 13.2 Å². The Labute approximate surface area is 161 Å². The number of thioether (sulfide) groups is 1. The van der Waals surface area contributed by atoms with E-state index in [2.05, 4.69) is 4.72 Å². The minimum Gasteiger partial charge on any atom is -0.489 e. The lowest BCUT2D eigenvalue weighted by Crippen LogP contribution is -2.36. The van der Waals surface area contributed by atoms with Crippen molar-refractivity contribution in [2.24, 2.45) is 0 Å². The molecule has 1 amide bonds. The van der Waals surface area contributed by atoms with Crippen molar-refractivity contribution in [3.63, 3.8) is 0 Å². The van der Waals surface area contributed by atoms with Gasteiger partial charge in [0, 0.05) is 23.6 Å². The summed E-state index contributed by atoms with van der Waals surface area (Å²) in [5.74, 6) is 0.155. The van der Waals surface area contributed by atoms with Crippen LogP contribution in [0.1, 0.15) is 6.92 Å². The predicted octanol–water partition coefficient (Wildman–Crippen LogP) is 3.61. The van der Waals surface area contributed by atoms with Gasteiger partial charge in [-0.2, -0.15) is 0 Å². The molecule has 6 nitrogen and oxygen atoms in total. The van der Waals surface area contributed by atoms with Crippen LogP contribution in [0.25, 0.3) is 0 Å². The van der Waals surface area contributed by atoms with E-state index in [1.54, 1.807) is 18.2 Å². The van der Waals surface area contributed by atoms with Crippen molar-refractivity contribution in [1.29, 1.82) is 0 Å². The average molecular weight is 413 g/mol. The van der Waals surface area contributed by atoms with Crippen LogP contribution in [0, 0.1) is 0 Å². The third-order valence-electron chi connectivity index (χ3n) is 3.87. The van der Waals surface area contributed by atoms with Gasteiger partial charge in [0.1, 0.15) is 17.3 Å². The summed E-state index contributed by atoms with van der Waals surface area (Å²) in [7, 11) is -3.91. The molecule has 2 aromatic carbocycles. The van der Waals surface area contributed by atoms with Gasteiger partial charge in [-0.05, 0) is 30.5 Å². The fraction of sp³-hybridized carbons (Fsp3) is 0.235. The van der Waals surface area contributed by atoms with E-state index in [1.807, 2.05) is 12.3 Å². The molecule has 3 rings (SSSR count). The summed E-state index contributed by atoms with van der Waals surface area (Å²) in [5, 5.41) is 0.0222. The normalized spacial score (nSPS) is 13.7. The lowest BCUT2D eigenvalue weighted by Gasteiger charge is -2.29. The number of nitrogens with zero attached hydrogens (tertiary/aromatic N) is 1. The third kappa shape index (κ3) is 3.77. The van der Waals surface area contributed by atoms with Crippen molar-refractivity contribution in [2.75, 3.05) is 29.0 Å². The Bertz CT molecular complexity index is 963. The summed E-state index contributed by atoms with van der Waals surface area (Å²) in [4.78, 5) is 14.1. The van der Waals surface area contributed by atoms with Crippen molar-refractivity contribution < 1.29 is 17.9 Å². The molecule has 1 aliphatic heterocycles. The number of anilines is 2. The van der Waals surface area contributed by atoms with Crippen LogP contribution in [0.3, 0.4) is 0 Å². The van der Waals surface area contributed by atoms with Gasteiger partial charge in [-0.25, -0.2) is 8.42 Å². The molecule has 0 spiro atoms. The molecule has 0 fully saturated rings. The molecule has 1 heterocycles. The summed E-state index contributed by atoms with van der Waals surface area (Å²) in [6.07, 6.45) is 1.91. The zero-order chi connectivity index (χ0) is 18.9. The van der Waals surface area contributed by atoms with Gasteiger partial charge in [-0.1, -0.05) is 17.7 Å². The molecule has 1 N–H and O–H groups in total. The molecule has 1 aliphatic rings. The molecular weight excluding hydrogens is 396 g/mol. The van der Waals surface area contributed by atoms with E-state index >= 15 is 0 Å². The number of amides is 1. The van der Waals surface area contributed by atoms with Crippen LogP contribution < -0.4 is 14.4 Å².